The van der Waals surface area contributed by atoms with E-state index in [1.165, 1.54) is 6.42 Å². The van der Waals surface area contributed by atoms with Gasteiger partial charge in [0.2, 0.25) is 0 Å². The van der Waals surface area contributed by atoms with Gasteiger partial charge in [-0.3, -0.25) is 0 Å². The van der Waals surface area contributed by atoms with Crippen molar-refractivity contribution in [3.05, 3.63) is 12.2 Å². The van der Waals surface area contributed by atoms with Crippen LogP contribution in [0.2, 0.25) is 0 Å². The summed E-state index contributed by atoms with van der Waals surface area (Å²) in [5.41, 5.74) is 0. The number of ether oxygens (including phenoxy) is 1. The summed E-state index contributed by atoms with van der Waals surface area (Å²) in [7, 11) is 0. The smallest absolute Gasteiger partial charge is 0.331 e. The lowest BCUT2D eigenvalue weighted by molar-refractivity contribution is -0.145. The lowest BCUT2D eigenvalue weighted by Gasteiger charge is -2.27. The molecule has 0 unspecified atom stereocenters. The molecule has 0 radical (unpaired) electrons. The van der Waals surface area contributed by atoms with Gasteiger partial charge >= 0.3 is 11.9 Å². The van der Waals surface area contributed by atoms with E-state index in [-0.39, 0.29) is 6.10 Å². The third-order valence-electron chi connectivity index (χ3n) is 3.02. The molecule has 0 aromatic rings. The van der Waals surface area contributed by atoms with Gasteiger partial charge in [-0.05, 0) is 31.6 Å². The van der Waals surface area contributed by atoms with Gasteiger partial charge < -0.3 is 9.84 Å². The van der Waals surface area contributed by atoms with Gasteiger partial charge in [0.1, 0.15) is 6.10 Å². The summed E-state index contributed by atoms with van der Waals surface area (Å²) < 4.78 is 5.15. The second kappa shape index (κ2) is 6.30. The van der Waals surface area contributed by atoms with Crippen LogP contribution in [0.25, 0.3) is 0 Å². The highest BCUT2D eigenvalue weighted by molar-refractivity contribution is 5.90. The number of carboxylic acid groups (broad SMARTS) is 1. The predicted molar refractivity (Wildman–Crippen MR) is 58.9 cm³/mol. The Morgan fingerprint density at radius 3 is 2.38 bits per heavy atom. The molecule has 90 valence electrons. The molecule has 0 aliphatic heterocycles. The van der Waals surface area contributed by atoms with Gasteiger partial charge in [0.05, 0.1) is 0 Å². The second-order valence-corrected chi connectivity index (χ2v) is 4.16. The largest absolute Gasteiger partial charge is 0.478 e. The maximum atomic E-state index is 11.2. The van der Waals surface area contributed by atoms with Crippen LogP contribution in [0.1, 0.15) is 39.0 Å². The van der Waals surface area contributed by atoms with E-state index in [1.807, 2.05) is 0 Å². The molecule has 16 heavy (non-hydrogen) atoms. The first kappa shape index (κ1) is 12.7. The quantitative estimate of drug-likeness (QED) is 0.589. The molecule has 0 aromatic carbocycles. The Kier molecular flexibility index (Phi) is 5.02. The minimum Gasteiger partial charge on any atom is -0.478 e. The standard InChI is InChI=1S/C12H18O4/c1-2-9-3-5-10(6-4-9)16-12(15)8-7-11(13)14/h7-10H,2-6H2,1H3,(H,13,14)/b8-7+. The van der Waals surface area contributed by atoms with Crippen molar-refractivity contribution in [3.63, 3.8) is 0 Å². The lowest BCUT2D eigenvalue weighted by Crippen LogP contribution is -2.23. The maximum absolute atomic E-state index is 11.2. The van der Waals surface area contributed by atoms with Crippen LogP contribution < -0.4 is 0 Å². The number of rotatable bonds is 4. The van der Waals surface area contributed by atoms with Gasteiger partial charge in [-0.1, -0.05) is 13.3 Å². The average molecular weight is 226 g/mol. The molecular weight excluding hydrogens is 208 g/mol. The number of hydrogen-bond acceptors (Lipinski definition) is 3. The first-order chi connectivity index (χ1) is 7.61. The fraction of sp³-hybridized carbons (Fsp3) is 0.667. The maximum Gasteiger partial charge on any atom is 0.331 e. The molecule has 1 rings (SSSR count). The van der Waals surface area contributed by atoms with Crippen LogP contribution in [0, 0.1) is 5.92 Å². The fourth-order valence-electron chi connectivity index (χ4n) is 2.00. The first-order valence-electron chi connectivity index (χ1n) is 5.73. The Bertz CT molecular complexity index is 275. The van der Waals surface area contributed by atoms with Crippen LogP contribution >= 0.6 is 0 Å². The van der Waals surface area contributed by atoms with Gasteiger partial charge in [-0.15, -0.1) is 0 Å². The molecule has 1 N–H and O–H groups in total. The number of aliphatic carboxylic acids is 1. The molecule has 1 fully saturated rings. The van der Waals surface area contributed by atoms with Crippen LogP contribution in [0.4, 0.5) is 0 Å². The minimum absolute atomic E-state index is 0.0336. The molecule has 0 bridgehead atoms. The summed E-state index contributed by atoms with van der Waals surface area (Å²) in [6.07, 6.45) is 6.90. The van der Waals surface area contributed by atoms with E-state index in [1.54, 1.807) is 0 Å². The van der Waals surface area contributed by atoms with Crippen molar-refractivity contribution in [2.45, 2.75) is 45.1 Å². The van der Waals surface area contributed by atoms with Gasteiger partial charge in [-0.25, -0.2) is 9.59 Å². The van der Waals surface area contributed by atoms with Crippen LogP contribution in [0.5, 0.6) is 0 Å². The van der Waals surface area contributed by atoms with Crippen molar-refractivity contribution >= 4 is 11.9 Å². The molecule has 4 heteroatoms. The molecule has 1 aliphatic rings. The molecule has 0 amide bonds. The van der Waals surface area contributed by atoms with E-state index in [9.17, 15) is 9.59 Å². The predicted octanol–water partition coefficient (Wildman–Crippen LogP) is 2.14. The zero-order chi connectivity index (χ0) is 12.0. The summed E-state index contributed by atoms with van der Waals surface area (Å²) >= 11 is 0. The molecular formula is C12H18O4. The van der Waals surface area contributed by atoms with Crippen molar-refractivity contribution in [1.82, 2.24) is 0 Å². The van der Waals surface area contributed by atoms with E-state index >= 15 is 0 Å². The second-order valence-electron chi connectivity index (χ2n) is 4.16. The van der Waals surface area contributed by atoms with Gasteiger partial charge in [0.15, 0.2) is 0 Å². The molecule has 0 atom stereocenters. The summed E-state index contributed by atoms with van der Waals surface area (Å²) in [6, 6.07) is 0. The summed E-state index contributed by atoms with van der Waals surface area (Å²) in [5.74, 6) is -0.932. The van der Waals surface area contributed by atoms with E-state index in [4.69, 9.17) is 9.84 Å². The molecule has 1 saturated carbocycles. The molecule has 1 aliphatic carbocycles. The third-order valence-corrected chi connectivity index (χ3v) is 3.02. The van der Waals surface area contributed by atoms with Crippen molar-refractivity contribution in [1.29, 1.82) is 0 Å². The highest BCUT2D eigenvalue weighted by Gasteiger charge is 2.22. The highest BCUT2D eigenvalue weighted by Crippen LogP contribution is 2.28. The fourth-order valence-corrected chi connectivity index (χ4v) is 2.00. The number of carbonyl (C=O) groups is 2. The first-order valence-corrected chi connectivity index (χ1v) is 5.73. The van der Waals surface area contributed by atoms with Crippen LogP contribution in [0.15, 0.2) is 12.2 Å². The average Bonchev–Trinajstić information content (AvgIpc) is 2.27. The molecule has 4 nitrogen and oxygen atoms in total. The minimum atomic E-state index is -1.13. The topological polar surface area (TPSA) is 63.6 Å². The Morgan fingerprint density at radius 2 is 1.88 bits per heavy atom. The number of esters is 1. The van der Waals surface area contributed by atoms with E-state index in [0.29, 0.717) is 0 Å². The summed E-state index contributed by atoms with van der Waals surface area (Å²) in [4.78, 5) is 21.4. The van der Waals surface area contributed by atoms with E-state index in [0.717, 1.165) is 43.8 Å². The Hall–Kier alpha value is -1.32. The third kappa shape index (κ3) is 4.47. The Labute approximate surface area is 95.3 Å². The van der Waals surface area contributed by atoms with Crippen LogP contribution in [0.3, 0.4) is 0 Å². The summed E-state index contributed by atoms with van der Waals surface area (Å²) in [5, 5.41) is 8.34. The zero-order valence-electron chi connectivity index (χ0n) is 9.52. The van der Waals surface area contributed by atoms with Crippen LogP contribution in [-0.2, 0) is 14.3 Å². The summed E-state index contributed by atoms with van der Waals surface area (Å²) in [6.45, 7) is 2.17. The zero-order valence-corrected chi connectivity index (χ0v) is 9.52. The van der Waals surface area contributed by atoms with Crippen molar-refractivity contribution < 1.29 is 19.4 Å². The van der Waals surface area contributed by atoms with Gasteiger partial charge in [-0.2, -0.15) is 0 Å². The highest BCUT2D eigenvalue weighted by atomic mass is 16.5. The number of carboxylic acids is 1. The molecule has 0 aromatic heterocycles. The normalized spacial score (nSPS) is 25.6. The monoisotopic (exact) mass is 226 g/mol. The number of hydrogen-bond donors (Lipinski definition) is 1. The van der Waals surface area contributed by atoms with Gasteiger partial charge in [0, 0.05) is 12.2 Å². The molecule has 0 saturated heterocycles. The Balaban J connectivity index is 2.28. The number of carbonyl (C=O) groups excluding carboxylic acids is 1. The molecule has 0 heterocycles. The van der Waals surface area contributed by atoms with E-state index < -0.39 is 11.9 Å². The Morgan fingerprint density at radius 1 is 1.25 bits per heavy atom. The van der Waals surface area contributed by atoms with Gasteiger partial charge in [0.25, 0.3) is 0 Å². The van der Waals surface area contributed by atoms with Crippen molar-refractivity contribution in [3.8, 4) is 0 Å². The lowest BCUT2D eigenvalue weighted by atomic mass is 9.86. The van der Waals surface area contributed by atoms with Crippen LogP contribution in [-0.4, -0.2) is 23.1 Å². The van der Waals surface area contributed by atoms with Crippen molar-refractivity contribution in [2.75, 3.05) is 0 Å². The van der Waals surface area contributed by atoms with E-state index in [2.05, 4.69) is 6.92 Å². The van der Waals surface area contributed by atoms with Crippen molar-refractivity contribution in [2.24, 2.45) is 5.92 Å². The SMILES string of the molecule is CCC1CCC(OC(=O)/C=C/C(=O)O)CC1. The molecule has 0 spiro atoms.